The first-order valence-electron chi connectivity index (χ1n) is 8.05. The lowest BCUT2D eigenvalue weighted by atomic mass is 9.80. The van der Waals surface area contributed by atoms with Crippen LogP contribution in [0.2, 0.25) is 0 Å². The number of urea groups is 1. The molecule has 25 heavy (non-hydrogen) atoms. The van der Waals surface area contributed by atoms with Crippen LogP contribution >= 0.6 is 0 Å². The molecule has 2 aliphatic rings. The van der Waals surface area contributed by atoms with E-state index in [9.17, 15) is 4.79 Å². The molecule has 4 rings (SSSR count). The Bertz CT molecular complexity index is 839. The number of nitrogens with one attached hydrogen (secondary N) is 2. The van der Waals surface area contributed by atoms with Crippen molar-refractivity contribution in [1.82, 2.24) is 20.7 Å². The fraction of sp³-hybridized carbons (Fsp3) is 0.222. The van der Waals surface area contributed by atoms with Crippen molar-refractivity contribution in [2.75, 3.05) is 14.1 Å². The number of amides is 2. The minimum Gasteiger partial charge on any atom is -0.369 e. The van der Waals surface area contributed by atoms with Gasteiger partial charge in [0, 0.05) is 19.7 Å². The first-order valence-corrected chi connectivity index (χ1v) is 8.05. The number of nitrogens with zero attached hydrogens (tertiary/aromatic N) is 3. The second kappa shape index (κ2) is 5.22. The Balaban J connectivity index is 2.10. The highest BCUT2D eigenvalue weighted by Gasteiger charge is 2.69. The summed E-state index contributed by atoms with van der Waals surface area (Å²) in [6, 6.07) is 19.4. The van der Waals surface area contributed by atoms with Gasteiger partial charge in [-0.05, 0) is 5.56 Å². The van der Waals surface area contributed by atoms with Crippen LogP contribution in [-0.2, 0) is 11.3 Å². The quantitative estimate of drug-likeness (QED) is 0.767. The monoisotopic (exact) mass is 336 g/mol. The van der Waals surface area contributed by atoms with Gasteiger partial charge < -0.3 is 5.73 Å². The van der Waals surface area contributed by atoms with Crippen molar-refractivity contribution in [2.24, 2.45) is 10.7 Å². The van der Waals surface area contributed by atoms with Crippen molar-refractivity contribution in [3.8, 4) is 0 Å². The van der Waals surface area contributed by atoms with Crippen molar-refractivity contribution in [1.29, 1.82) is 0 Å². The van der Waals surface area contributed by atoms with E-state index in [4.69, 9.17) is 10.7 Å². The topological polar surface area (TPSA) is 86.0 Å². The lowest BCUT2D eigenvalue weighted by Gasteiger charge is -2.49. The van der Waals surface area contributed by atoms with E-state index >= 15 is 0 Å². The third kappa shape index (κ3) is 1.78. The molecule has 7 nitrogen and oxygen atoms in total. The normalized spacial score (nSPS) is 28.4. The van der Waals surface area contributed by atoms with Crippen LogP contribution in [0.1, 0.15) is 11.1 Å². The summed E-state index contributed by atoms with van der Waals surface area (Å²) < 4.78 is 0. The maximum atomic E-state index is 13.0. The van der Waals surface area contributed by atoms with E-state index < -0.39 is 11.3 Å². The van der Waals surface area contributed by atoms with E-state index in [1.165, 1.54) is 0 Å². The van der Waals surface area contributed by atoms with Gasteiger partial charge in [-0.25, -0.2) is 15.2 Å². The predicted octanol–water partition coefficient (Wildman–Crippen LogP) is 1.11. The summed E-state index contributed by atoms with van der Waals surface area (Å²) in [5, 5.41) is 0. The van der Waals surface area contributed by atoms with Crippen LogP contribution in [-0.4, -0.2) is 35.9 Å². The number of carbonyl (C=O) groups is 1. The summed E-state index contributed by atoms with van der Waals surface area (Å²) in [4.78, 5) is 21.1. The molecular formula is C18H20N6O. The molecule has 0 radical (unpaired) electrons. The molecule has 2 heterocycles. The molecule has 0 spiro atoms. The van der Waals surface area contributed by atoms with E-state index in [0.29, 0.717) is 0 Å². The molecule has 2 amide bonds. The summed E-state index contributed by atoms with van der Waals surface area (Å²) in [7, 11) is 3.52. The fourth-order valence-electron chi connectivity index (χ4n) is 3.95. The predicted molar refractivity (Wildman–Crippen MR) is 95.1 cm³/mol. The molecule has 0 bridgehead atoms. The summed E-state index contributed by atoms with van der Waals surface area (Å²) in [6.07, 6.45) is 0. The molecule has 128 valence electrons. The molecule has 0 saturated carbocycles. The SMILES string of the molecule is CN1C(=O)N(C)[C@]2(c3ccccc3)NNC(N)=N[C@@]12c1ccccc1. The van der Waals surface area contributed by atoms with Crippen molar-refractivity contribution >= 4 is 12.0 Å². The first kappa shape index (κ1) is 15.5. The number of benzene rings is 2. The van der Waals surface area contributed by atoms with Gasteiger partial charge >= 0.3 is 6.03 Å². The number of fused-ring (bicyclic) bond motifs is 1. The molecule has 2 atom stereocenters. The molecule has 7 heteroatoms. The first-order chi connectivity index (χ1) is 12.0. The van der Waals surface area contributed by atoms with Crippen LogP contribution in [0, 0.1) is 0 Å². The smallest absolute Gasteiger partial charge is 0.323 e. The van der Waals surface area contributed by atoms with Crippen molar-refractivity contribution < 1.29 is 4.79 Å². The van der Waals surface area contributed by atoms with Gasteiger partial charge in [-0.1, -0.05) is 60.7 Å². The zero-order valence-electron chi connectivity index (χ0n) is 14.1. The van der Waals surface area contributed by atoms with Crippen molar-refractivity contribution in [3.63, 3.8) is 0 Å². The van der Waals surface area contributed by atoms with E-state index in [2.05, 4.69) is 10.9 Å². The number of carbonyl (C=O) groups excluding carboxylic acids is 1. The van der Waals surface area contributed by atoms with Crippen LogP contribution in [0.5, 0.6) is 0 Å². The standard InChI is InChI=1S/C18H20N6O/c1-23-16(25)24(2)18(14-11-7-4-8-12-14)17(23,20-15(19)21-22-18)13-9-5-3-6-10-13/h3-12,22H,1-2H3,(H3,19,20,21)/t17-,18-/m0/s1. The van der Waals surface area contributed by atoms with E-state index in [-0.39, 0.29) is 12.0 Å². The maximum absolute atomic E-state index is 13.0. The van der Waals surface area contributed by atoms with Crippen LogP contribution in [0.15, 0.2) is 65.7 Å². The van der Waals surface area contributed by atoms with Crippen LogP contribution in [0.25, 0.3) is 0 Å². The van der Waals surface area contributed by atoms with Crippen LogP contribution in [0.4, 0.5) is 4.79 Å². The zero-order valence-corrected chi connectivity index (χ0v) is 14.1. The van der Waals surface area contributed by atoms with Gasteiger partial charge in [-0.2, -0.15) is 0 Å². The Morgan fingerprint density at radius 1 is 0.920 bits per heavy atom. The number of hydrogen-bond acceptors (Lipinski definition) is 5. The molecular weight excluding hydrogens is 316 g/mol. The number of guanidine groups is 1. The Morgan fingerprint density at radius 3 is 2.08 bits per heavy atom. The third-order valence-electron chi connectivity index (χ3n) is 5.09. The van der Waals surface area contributed by atoms with Gasteiger partial charge in [0.05, 0.1) is 0 Å². The van der Waals surface area contributed by atoms with Crippen LogP contribution in [0.3, 0.4) is 0 Å². The summed E-state index contributed by atoms with van der Waals surface area (Å²) in [6.45, 7) is 0. The molecule has 2 aromatic rings. The lowest BCUT2D eigenvalue weighted by Crippen LogP contribution is -2.71. The number of nitrogens with two attached hydrogens (primary N) is 1. The van der Waals surface area contributed by atoms with Crippen molar-refractivity contribution in [3.05, 3.63) is 71.8 Å². The Morgan fingerprint density at radius 2 is 1.48 bits per heavy atom. The minimum atomic E-state index is -1.04. The third-order valence-corrected chi connectivity index (χ3v) is 5.09. The molecule has 0 aromatic heterocycles. The highest BCUT2D eigenvalue weighted by Crippen LogP contribution is 2.53. The summed E-state index contributed by atoms with van der Waals surface area (Å²) >= 11 is 0. The lowest BCUT2D eigenvalue weighted by molar-refractivity contribution is 0.0162. The highest BCUT2D eigenvalue weighted by atomic mass is 16.2. The molecule has 1 fully saturated rings. The summed E-state index contributed by atoms with van der Waals surface area (Å²) in [5.41, 5.74) is 12.0. The average Bonchev–Trinajstić information content (AvgIpc) is 2.83. The largest absolute Gasteiger partial charge is 0.369 e. The van der Waals surface area contributed by atoms with Gasteiger partial charge in [-0.15, -0.1) is 0 Å². The molecule has 0 aliphatic carbocycles. The molecule has 1 saturated heterocycles. The molecule has 4 N–H and O–H groups in total. The van der Waals surface area contributed by atoms with Gasteiger partial charge in [0.2, 0.25) is 11.6 Å². The molecule has 0 unspecified atom stereocenters. The Hall–Kier alpha value is -3.06. The fourth-order valence-corrected chi connectivity index (χ4v) is 3.95. The van der Waals surface area contributed by atoms with Gasteiger partial charge in [0.25, 0.3) is 0 Å². The van der Waals surface area contributed by atoms with Gasteiger partial charge in [-0.3, -0.25) is 15.2 Å². The van der Waals surface area contributed by atoms with Crippen LogP contribution < -0.4 is 16.6 Å². The van der Waals surface area contributed by atoms with E-state index in [0.717, 1.165) is 11.1 Å². The summed E-state index contributed by atoms with van der Waals surface area (Å²) in [5.74, 6) is 0.227. The Labute approximate surface area is 146 Å². The molecule has 2 aromatic carbocycles. The van der Waals surface area contributed by atoms with E-state index in [1.807, 2.05) is 60.7 Å². The number of hydrogen-bond donors (Lipinski definition) is 3. The molecule has 2 aliphatic heterocycles. The number of aliphatic imine (C=N–C) groups is 1. The minimum absolute atomic E-state index is 0.152. The number of rotatable bonds is 2. The van der Waals surface area contributed by atoms with E-state index in [1.54, 1.807) is 23.9 Å². The average molecular weight is 336 g/mol. The number of likely N-dealkylation sites (N-methyl/N-ethyl adjacent to an activating group) is 2. The Kier molecular flexibility index (Phi) is 3.23. The number of hydrazine groups is 1. The van der Waals surface area contributed by atoms with Crippen molar-refractivity contribution in [2.45, 2.75) is 11.3 Å². The second-order valence-corrected chi connectivity index (χ2v) is 6.26. The van der Waals surface area contributed by atoms with Gasteiger partial charge in [0.15, 0.2) is 5.66 Å². The second-order valence-electron chi connectivity index (χ2n) is 6.26. The maximum Gasteiger partial charge on any atom is 0.323 e. The zero-order chi connectivity index (χ0) is 17.7. The highest BCUT2D eigenvalue weighted by molar-refractivity contribution is 5.85. The van der Waals surface area contributed by atoms with Gasteiger partial charge in [0.1, 0.15) is 0 Å².